The van der Waals surface area contributed by atoms with E-state index >= 15 is 0 Å². The number of amides is 1. The molecule has 2 heterocycles. The van der Waals surface area contributed by atoms with Gasteiger partial charge < -0.3 is 9.64 Å². The average Bonchev–Trinajstić information content (AvgIpc) is 2.78. The molecule has 0 aliphatic carbocycles. The van der Waals surface area contributed by atoms with Gasteiger partial charge in [0.05, 0.1) is 7.11 Å². The highest BCUT2D eigenvalue weighted by atomic mass is 32.2. The summed E-state index contributed by atoms with van der Waals surface area (Å²) in [6, 6.07) is 14.9. The quantitative estimate of drug-likeness (QED) is 0.763. The molecule has 0 bridgehead atoms. The second-order valence-corrected chi connectivity index (χ2v) is 9.21. The molecular weight excluding hydrogens is 390 g/mol. The molecule has 0 saturated carbocycles. The average molecular weight is 416 g/mol. The highest BCUT2D eigenvalue weighted by Crippen LogP contribution is 2.23. The first-order valence-corrected chi connectivity index (χ1v) is 11.1. The second kappa shape index (κ2) is 8.14. The largest absolute Gasteiger partial charge is 0.497 e. The summed E-state index contributed by atoms with van der Waals surface area (Å²) in [5.41, 5.74) is 2.86. The van der Waals surface area contributed by atoms with E-state index in [1.165, 1.54) is 9.87 Å². The summed E-state index contributed by atoms with van der Waals surface area (Å²) < 4.78 is 34.4. The van der Waals surface area contributed by atoms with Gasteiger partial charge in [-0.3, -0.25) is 4.79 Å². The number of methoxy groups -OCH3 is 1. The smallest absolute Gasteiger partial charge is 0.282 e. The number of nitrogens with zero attached hydrogens (tertiary/aromatic N) is 3. The molecule has 7 nitrogen and oxygen atoms in total. The van der Waals surface area contributed by atoms with Crippen molar-refractivity contribution in [3.63, 3.8) is 0 Å². The van der Waals surface area contributed by atoms with Gasteiger partial charge in [0.1, 0.15) is 5.75 Å². The zero-order chi connectivity index (χ0) is 20.4. The van der Waals surface area contributed by atoms with Gasteiger partial charge in [-0.05, 0) is 41.8 Å². The fourth-order valence-electron chi connectivity index (χ4n) is 3.87. The zero-order valence-electron chi connectivity index (χ0n) is 16.5. The molecule has 2 aliphatic heterocycles. The molecule has 0 N–H and O–H groups in total. The van der Waals surface area contributed by atoms with Gasteiger partial charge in [0, 0.05) is 44.8 Å². The van der Waals surface area contributed by atoms with E-state index < -0.39 is 10.2 Å². The minimum absolute atomic E-state index is 0.0865. The van der Waals surface area contributed by atoms with Crippen molar-refractivity contribution in [2.45, 2.75) is 13.0 Å². The van der Waals surface area contributed by atoms with Crippen molar-refractivity contribution in [2.75, 3.05) is 39.8 Å². The Morgan fingerprint density at radius 2 is 1.52 bits per heavy atom. The Hall–Kier alpha value is -2.42. The number of hydrogen-bond acceptors (Lipinski definition) is 4. The Morgan fingerprint density at radius 3 is 2.17 bits per heavy atom. The fourth-order valence-corrected chi connectivity index (χ4v) is 5.44. The zero-order valence-corrected chi connectivity index (χ0v) is 17.3. The number of ether oxygens (including phenoxy) is 1. The molecule has 0 unspecified atom stereocenters. The van der Waals surface area contributed by atoms with E-state index in [0.29, 0.717) is 50.6 Å². The van der Waals surface area contributed by atoms with Gasteiger partial charge in [0.25, 0.3) is 16.1 Å². The van der Waals surface area contributed by atoms with Crippen molar-refractivity contribution in [1.82, 2.24) is 13.5 Å². The van der Waals surface area contributed by atoms with Crippen LogP contribution in [0.4, 0.5) is 0 Å². The molecule has 1 saturated heterocycles. The normalized spacial score (nSPS) is 18.3. The van der Waals surface area contributed by atoms with Crippen LogP contribution in [0.1, 0.15) is 21.5 Å². The molecule has 0 radical (unpaired) electrons. The van der Waals surface area contributed by atoms with Gasteiger partial charge in [0.15, 0.2) is 0 Å². The third-order valence-electron chi connectivity index (χ3n) is 5.61. The maximum Gasteiger partial charge on any atom is 0.282 e. The maximum atomic E-state index is 13.1. The van der Waals surface area contributed by atoms with Crippen LogP contribution in [-0.4, -0.2) is 67.7 Å². The van der Waals surface area contributed by atoms with Crippen LogP contribution < -0.4 is 4.74 Å². The predicted molar refractivity (Wildman–Crippen MR) is 110 cm³/mol. The molecule has 154 valence electrons. The molecule has 8 heteroatoms. The van der Waals surface area contributed by atoms with Crippen molar-refractivity contribution in [3.05, 3.63) is 65.2 Å². The Kier molecular flexibility index (Phi) is 5.58. The van der Waals surface area contributed by atoms with Crippen LogP contribution in [-0.2, 0) is 23.2 Å². The monoisotopic (exact) mass is 415 g/mol. The lowest BCUT2D eigenvalue weighted by Crippen LogP contribution is -2.54. The molecule has 0 aromatic heterocycles. The van der Waals surface area contributed by atoms with Crippen LogP contribution in [0.25, 0.3) is 0 Å². The number of fused-ring (bicyclic) bond motifs is 1. The lowest BCUT2D eigenvalue weighted by atomic mass is 10.0. The van der Waals surface area contributed by atoms with E-state index in [4.69, 9.17) is 4.74 Å². The van der Waals surface area contributed by atoms with Gasteiger partial charge in [-0.1, -0.05) is 24.3 Å². The SMILES string of the molecule is COc1ccc(C(=O)N2CCN(S(=O)(=O)N3CCc4ccccc4C3)CC2)cc1. The van der Waals surface area contributed by atoms with Crippen molar-refractivity contribution in [1.29, 1.82) is 0 Å². The first kappa shape index (κ1) is 19.9. The highest BCUT2D eigenvalue weighted by molar-refractivity contribution is 7.86. The summed E-state index contributed by atoms with van der Waals surface area (Å²) in [6.45, 7) is 2.28. The third-order valence-corrected chi connectivity index (χ3v) is 7.59. The van der Waals surface area contributed by atoms with Crippen molar-refractivity contribution < 1.29 is 17.9 Å². The molecule has 2 aliphatic rings. The standard InChI is InChI=1S/C21H25N3O4S/c1-28-20-8-6-18(7-9-20)21(25)22-12-14-23(15-13-22)29(26,27)24-11-10-17-4-2-3-5-19(17)16-24/h2-9H,10-16H2,1H3. The lowest BCUT2D eigenvalue weighted by Gasteiger charge is -2.38. The Bertz CT molecular complexity index is 983. The first-order chi connectivity index (χ1) is 14.0. The Balaban J connectivity index is 1.39. The van der Waals surface area contributed by atoms with Crippen LogP contribution in [0.5, 0.6) is 5.75 Å². The van der Waals surface area contributed by atoms with E-state index in [1.807, 2.05) is 18.2 Å². The molecule has 2 aromatic rings. The molecule has 1 fully saturated rings. The summed E-state index contributed by atoms with van der Waals surface area (Å²) in [6.07, 6.45) is 0.728. The molecule has 0 spiro atoms. The van der Waals surface area contributed by atoms with Crippen LogP contribution in [0.2, 0.25) is 0 Å². The highest BCUT2D eigenvalue weighted by Gasteiger charge is 2.35. The number of rotatable bonds is 4. The van der Waals surface area contributed by atoms with E-state index in [2.05, 4.69) is 6.07 Å². The molecule has 1 amide bonds. The van der Waals surface area contributed by atoms with E-state index in [-0.39, 0.29) is 5.91 Å². The number of benzene rings is 2. The molecule has 4 rings (SSSR count). The number of carbonyl (C=O) groups is 1. The summed E-state index contributed by atoms with van der Waals surface area (Å²) in [5, 5.41) is 0. The van der Waals surface area contributed by atoms with Crippen LogP contribution >= 0.6 is 0 Å². The van der Waals surface area contributed by atoms with Crippen molar-refractivity contribution in [3.8, 4) is 5.75 Å². The van der Waals surface area contributed by atoms with Gasteiger partial charge in [0.2, 0.25) is 0 Å². The van der Waals surface area contributed by atoms with E-state index in [9.17, 15) is 13.2 Å². The predicted octanol–water partition coefficient (Wildman–Crippen LogP) is 1.76. The molecule has 2 aromatic carbocycles. The molecular formula is C21H25N3O4S. The fraction of sp³-hybridized carbons (Fsp3) is 0.381. The van der Waals surface area contributed by atoms with Crippen LogP contribution in [0, 0.1) is 0 Å². The van der Waals surface area contributed by atoms with E-state index in [0.717, 1.165) is 12.0 Å². The van der Waals surface area contributed by atoms with Gasteiger partial charge in [-0.2, -0.15) is 17.0 Å². The first-order valence-electron chi connectivity index (χ1n) is 9.74. The van der Waals surface area contributed by atoms with Crippen molar-refractivity contribution in [2.24, 2.45) is 0 Å². The lowest BCUT2D eigenvalue weighted by molar-refractivity contribution is 0.0693. The number of hydrogen-bond donors (Lipinski definition) is 0. The Labute approximate surface area is 171 Å². The van der Waals surface area contributed by atoms with Gasteiger partial charge in [-0.15, -0.1) is 0 Å². The van der Waals surface area contributed by atoms with Crippen molar-refractivity contribution >= 4 is 16.1 Å². The van der Waals surface area contributed by atoms with E-state index in [1.54, 1.807) is 40.6 Å². The minimum Gasteiger partial charge on any atom is -0.497 e. The van der Waals surface area contributed by atoms with Crippen LogP contribution in [0.15, 0.2) is 48.5 Å². The third kappa shape index (κ3) is 4.01. The summed E-state index contributed by atoms with van der Waals surface area (Å²) in [7, 11) is -1.96. The summed E-state index contributed by atoms with van der Waals surface area (Å²) >= 11 is 0. The molecule has 0 atom stereocenters. The minimum atomic E-state index is -3.54. The maximum absolute atomic E-state index is 13.1. The molecule has 29 heavy (non-hydrogen) atoms. The van der Waals surface area contributed by atoms with Gasteiger partial charge in [-0.25, -0.2) is 0 Å². The Morgan fingerprint density at radius 1 is 0.862 bits per heavy atom. The summed E-state index contributed by atoms with van der Waals surface area (Å²) in [5.74, 6) is 0.608. The second-order valence-electron chi connectivity index (χ2n) is 7.28. The topological polar surface area (TPSA) is 70.2 Å². The van der Waals surface area contributed by atoms with Gasteiger partial charge >= 0.3 is 0 Å². The van der Waals surface area contributed by atoms with Crippen LogP contribution in [0.3, 0.4) is 0 Å². The number of carbonyl (C=O) groups excluding carboxylic acids is 1. The number of piperazine rings is 1. The summed E-state index contributed by atoms with van der Waals surface area (Å²) in [4.78, 5) is 14.4.